The van der Waals surface area contributed by atoms with Gasteiger partial charge in [-0.15, -0.1) is 0 Å². The highest BCUT2D eigenvalue weighted by Crippen LogP contribution is 2.37. The normalized spacial score (nSPS) is 23.5. The van der Waals surface area contributed by atoms with Crippen molar-refractivity contribution in [2.24, 2.45) is 5.92 Å². The zero-order chi connectivity index (χ0) is 21.6. The fourth-order valence-corrected chi connectivity index (χ4v) is 4.22. The second-order valence-electron chi connectivity index (χ2n) is 6.72. The van der Waals surface area contributed by atoms with Crippen molar-refractivity contribution in [3.05, 3.63) is 55.9 Å². The molecule has 0 aliphatic carbocycles. The topological polar surface area (TPSA) is 167 Å². The van der Waals surface area contributed by atoms with E-state index < -0.39 is 46.7 Å². The molecule has 12 heteroatoms. The average molecular weight is 432 g/mol. The van der Waals surface area contributed by atoms with E-state index in [0.29, 0.717) is 11.3 Å². The fraction of sp³-hybridized carbons (Fsp3) is 0.278. The lowest BCUT2D eigenvalue weighted by Gasteiger charge is -2.22. The summed E-state index contributed by atoms with van der Waals surface area (Å²) in [6.45, 7) is 1.54. The first kappa shape index (κ1) is 19.8. The average Bonchev–Trinajstić information content (AvgIpc) is 3.19. The molecule has 2 aromatic heterocycles. The molecule has 3 aromatic rings. The number of nitrogens with one attached hydrogen (secondary N) is 1. The molecule has 0 saturated carbocycles. The molecule has 3 heterocycles. The summed E-state index contributed by atoms with van der Waals surface area (Å²) in [5, 5.41) is 9.50. The molecular weight excluding hydrogens is 416 g/mol. The van der Waals surface area contributed by atoms with Gasteiger partial charge in [-0.2, -0.15) is 4.98 Å². The summed E-state index contributed by atoms with van der Waals surface area (Å²) in [6.07, 6.45) is -3.77. The number of hydrogen-bond donors (Lipinski definition) is 3. The van der Waals surface area contributed by atoms with E-state index in [1.54, 1.807) is 30.3 Å². The number of carbonyl (C=O) groups is 2. The Morgan fingerprint density at radius 3 is 2.67 bits per heavy atom. The number of nitrogens with two attached hydrogens (primary N) is 1. The highest BCUT2D eigenvalue weighted by molar-refractivity contribution is 7.16. The molecule has 4 rings (SSSR count). The Balaban J connectivity index is 1.80. The Hall–Kier alpha value is -3.51. The number of aromatic amines is 1. The number of thiazole rings is 1. The van der Waals surface area contributed by atoms with E-state index in [4.69, 9.17) is 15.2 Å². The van der Waals surface area contributed by atoms with Crippen molar-refractivity contribution >= 4 is 39.6 Å². The van der Waals surface area contributed by atoms with Crippen molar-refractivity contribution in [1.82, 2.24) is 14.5 Å². The van der Waals surface area contributed by atoms with Crippen molar-refractivity contribution in [1.29, 1.82) is 0 Å². The summed E-state index contributed by atoms with van der Waals surface area (Å²) in [6, 6.07) is 8.12. The number of esters is 1. The van der Waals surface area contributed by atoms with Gasteiger partial charge in [0, 0.05) is 5.92 Å². The zero-order valence-electron chi connectivity index (χ0n) is 15.5. The Bertz CT molecular complexity index is 1250. The number of benzene rings is 1. The van der Waals surface area contributed by atoms with E-state index in [-0.39, 0.29) is 21.9 Å². The predicted octanol–water partition coefficient (Wildman–Crippen LogP) is 0.572. The number of ether oxygens (including phenoxy) is 2. The van der Waals surface area contributed by atoms with Crippen LogP contribution in [0.1, 0.15) is 23.5 Å². The zero-order valence-corrected chi connectivity index (χ0v) is 16.3. The lowest BCUT2D eigenvalue weighted by atomic mass is 10.00. The minimum atomic E-state index is -1.34. The molecule has 4 atom stereocenters. The van der Waals surface area contributed by atoms with Crippen molar-refractivity contribution in [2.75, 3.05) is 5.73 Å². The molecule has 0 radical (unpaired) electrons. The summed E-state index contributed by atoms with van der Waals surface area (Å²) in [7, 11) is 0. The van der Waals surface area contributed by atoms with Crippen molar-refractivity contribution in [3.8, 4) is 0 Å². The van der Waals surface area contributed by atoms with Crippen molar-refractivity contribution in [2.45, 2.75) is 25.4 Å². The largest absolute Gasteiger partial charge is 0.479 e. The van der Waals surface area contributed by atoms with Crippen LogP contribution in [0.5, 0.6) is 0 Å². The van der Waals surface area contributed by atoms with Gasteiger partial charge in [-0.1, -0.05) is 36.5 Å². The van der Waals surface area contributed by atoms with Gasteiger partial charge in [0.15, 0.2) is 24.1 Å². The van der Waals surface area contributed by atoms with E-state index in [1.165, 1.54) is 6.92 Å². The predicted molar refractivity (Wildman–Crippen MR) is 105 cm³/mol. The minimum Gasteiger partial charge on any atom is -0.479 e. The first-order chi connectivity index (χ1) is 14.3. The van der Waals surface area contributed by atoms with E-state index in [2.05, 4.69) is 9.97 Å². The highest BCUT2D eigenvalue weighted by Gasteiger charge is 2.50. The smallest absolute Gasteiger partial charge is 0.338 e. The second kappa shape index (κ2) is 7.39. The molecule has 0 spiro atoms. The summed E-state index contributed by atoms with van der Waals surface area (Å²) >= 11 is 0.607. The molecule has 0 amide bonds. The summed E-state index contributed by atoms with van der Waals surface area (Å²) in [5.74, 6) is -2.99. The highest BCUT2D eigenvalue weighted by atomic mass is 32.1. The SMILES string of the molecule is C[C@H]1[C@@H](OC(=O)c2ccccc2)[C@H](n2c(=O)sc3c(=O)[nH]c(N)nc32)O[C@@H]1C(=O)O. The van der Waals surface area contributed by atoms with Gasteiger partial charge in [0.25, 0.3) is 5.56 Å². The number of rotatable bonds is 4. The van der Waals surface area contributed by atoms with Gasteiger partial charge >= 0.3 is 16.8 Å². The Morgan fingerprint density at radius 1 is 1.30 bits per heavy atom. The van der Waals surface area contributed by atoms with Gasteiger partial charge in [-0.05, 0) is 12.1 Å². The van der Waals surface area contributed by atoms with Gasteiger partial charge in [0.05, 0.1) is 5.56 Å². The maximum absolute atomic E-state index is 12.7. The van der Waals surface area contributed by atoms with Gasteiger partial charge in [0.1, 0.15) is 4.70 Å². The maximum Gasteiger partial charge on any atom is 0.338 e. The lowest BCUT2D eigenvalue weighted by molar-refractivity contribution is -0.153. The van der Waals surface area contributed by atoms with E-state index >= 15 is 0 Å². The van der Waals surface area contributed by atoms with Crippen LogP contribution < -0.4 is 16.2 Å². The third-order valence-corrected chi connectivity index (χ3v) is 5.75. The first-order valence-electron chi connectivity index (χ1n) is 8.83. The van der Waals surface area contributed by atoms with E-state index in [0.717, 1.165) is 4.57 Å². The number of aliphatic carboxylic acids is 1. The van der Waals surface area contributed by atoms with Gasteiger partial charge in [0.2, 0.25) is 5.95 Å². The molecule has 1 saturated heterocycles. The Morgan fingerprint density at radius 2 is 2.00 bits per heavy atom. The molecule has 1 fully saturated rings. The third kappa shape index (κ3) is 3.25. The third-order valence-electron chi connectivity index (χ3n) is 4.80. The van der Waals surface area contributed by atoms with Crippen LogP contribution in [-0.4, -0.2) is 43.8 Å². The maximum atomic E-state index is 12.7. The molecule has 4 N–H and O–H groups in total. The number of nitrogen functional groups attached to an aromatic ring is 1. The lowest BCUT2D eigenvalue weighted by Crippen LogP contribution is -2.34. The number of fused-ring (bicyclic) bond motifs is 1. The number of nitrogens with zero attached hydrogens (tertiary/aromatic N) is 2. The van der Waals surface area contributed by atoms with Gasteiger partial charge in [-0.25, -0.2) is 9.59 Å². The van der Waals surface area contributed by atoms with E-state index in [9.17, 15) is 24.3 Å². The van der Waals surface area contributed by atoms with Crippen LogP contribution in [0.15, 0.2) is 39.9 Å². The quantitative estimate of drug-likeness (QED) is 0.499. The number of carboxylic acid groups (broad SMARTS) is 1. The number of hydrogen-bond acceptors (Lipinski definition) is 9. The van der Waals surface area contributed by atoms with Crippen LogP contribution >= 0.6 is 11.3 Å². The summed E-state index contributed by atoms with van der Waals surface area (Å²) in [4.78, 5) is 54.7. The molecule has 156 valence electrons. The molecule has 1 aromatic carbocycles. The van der Waals surface area contributed by atoms with Gasteiger partial charge in [-0.3, -0.25) is 19.1 Å². The molecule has 11 nitrogen and oxygen atoms in total. The standard InChI is InChI=1S/C18H16N4O7S/c1-7-9(29-16(26)8-5-3-2-4-6-8)14(28-10(7)15(24)25)22-12-11(30-18(22)27)13(23)21-17(19)20-12/h2-7,9-10,14H,1H3,(H,24,25)(H3,19,20,21,23)/t7-,9+,10-,14+/m0/s1. The van der Waals surface area contributed by atoms with Crippen LogP contribution in [0, 0.1) is 5.92 Å². The second-order valence-corrected chi connectivity index (χ2v) is 7.68. The van der Waals surface area contributed by atoms with Crippen LogP contribution in [-0.2, 0) is 14.3 Å². The minimum absolute atomic E-state index is 0.00244. The van der Waals surface area contributed by atoms with Crippen LogP contribution in [0.3, 0.4) is 0 Å². The fourth-order valence-electron chi connectivity index (χ4n) is 3.38. The molecule has 0 unspecified atom stereocenters. The summed E-state index contributed by atoms with van der Waals surface area (Å²) < 4.78 is 12.2. The molecular formula is C18H16N4O7S. The molecule has 1 aliphatic rings. The molecule has 30 heavy (non-hydrogen) atoms. The van der Waals surface area contributed by atoms with Crippen LogP contribution in [0.25, 0.3) is 10.3 Å². The number of carboxylic acids is 1. The van der Waals surface area contributed by atoms with Gasteiger partial charge < -0.3 is 20.3 Å². The Labute approximate surface area is 171 Å². The number of aromatic nitrogens is 3. The molecule has 0 bridgehead atoms. The van der Waals surface area contributed by atoms with Crippen LogP contribution in [0.2, 0.25) is 0 Å². The van der Waals surface area contributed by atoms with Crippen molar-refractivity contribution < 1.29 is 24.2 Å². The Kier molecular flexibility index (Phi) is 4.87. The van der Waals surface area contributed by atoms with Crippen LogP contribution in [0.4, 0.5) is 5.95 Å². The number of H-pyrrole nitrogens is 1. The number of carbonyl (C=O) groups excluding carboxylic acids is 1. The van der Waals surface area contributed by atoms with Crippen molar-refractivity contribution in [3.63, 3.8) is 0 Å². The molecule has 1 aliphatic heterocycles. The summed E-state index contributed by atoms with van der Waals surface area (Å²) in [5.41, 5.74) is 5.16. The first-order valence-corrected chi connectivity index (χ1v) is 9.64. The number of anilines is 1. The monoisotopic (exact) mass is 432 g/mol. The van der Waals surface area contributed by atoms with E-state index in [1.807, 2.05) is 0 Å².